The normalized spacial score (nSPS) is 12.2. The van der Waals surface area contributed by atoms with Gasteiger partial charge in [-0.05, 0) is 55.2 Å². The van der Waals surface area contributed by atoms with E-state index in [-0.39, 0.29) is 6.04 Å². The van der Waals surface area contributed by atoms with Gasteiger partial charge in [-0.3, -0.25) is 0 Å². The van der Waals surface area contributed by atoms with Crippen molar-refractivity contribution in [1.82, 2.24) is 0 Å². The summed E-state index contributed by atoms with van der Waals surface area (Å²) in [6.45, 7) is 4.10. The molecule has 1 unspecified atom stereocenters. The molecule has 0 bridgehead atoms. The lowest BCUT2D eigenvalue weighted by Crippen LogP contribution is -2.21. The smallest absolute Gasteiger partial charge is 0.131 e. The van der Waals surface area contributed by atoms with Gasteiger partial charge < -0.3 is 10.5 Å². The Kier molecular flexibility index (Phi) is 5.05. The number of rotatable bonds is 5. The first-order chi connectivity index (χ1) is 9.58. The van der Waals surface area contributed by atoms with Gasteiger partial charge in [-0.2, -0.15) is 0 Å². The molecule has 2 aromatic rings. The van der Waals surface area contributed by atoms with Gasteiger partial charge in [0.15, 0.2) is 0 Å². The monoisotopic (exact) mass is 289 g/mol. The zero-order valence-corrected chi connectivity index (χ0v) is 12.7. The fourth-order valence-electron chi connectivity index (χ4n) is 1.99. The van der Waals surface area contributed by atoms with Crippen molar-refractivity contribution in [3.05, 3.63) is 58.6 Å². The zero-order chi connectivity index (χ0) is 14.5. The molecule has 2 N–H and O–H groups in total. The lowest BCUT2D eigenvalue weighted by molar-refractivity contribution is 0.478. The molecule has 2 rings (SSSR count). The number of halogens is 1. The molecule has 20 heavy (non-hydrogen) atoms. The number of hydrogen-bond donors (Lipinski definition) is 1. The average Bonchev–Trinajstić information content (AvgIpc) is 2.43. The summed E-state index contributed by atoms with van der Waals surface area (Å²) in [7, 11) is 0. The van der Waals surface area contributed by atoms with Crippen LogP contribution in [0, 0.1) is 6.92 Å². The molecule has 0 aliphatic heterocycles. The number of aryl methyl sites for hydroxylation is 1. The average molecular weight is 290 g/mol. The summed E-state index contributed by atoms with van der Waals surface area (Å²) in [5.74, 6) is 1.60. The molecule has 3 heteroatoms. The van der Waals surface area contributed by atoms with E-state index in [4.69, 9.17) is 22.1 Å². The highest BCUT2D eigenvalue weighted by Crippen LogP contribution is 2.28. The largest absolute Gasteiger partial charge is 0.457 e. The Labute approximate surface area is 125 Å². The minimum Gasteiger partial charge on any atom is -0.457 e. The van der Waals surface area contributed by atoms with Gasteiger partial charge in [0.25, 0.3) is 0 Å². The first kappa shape index (κ1) is 14.9. The van der Waals surface area contributed by atoms with E-state index >= 15 is 0 Å². The number of ether oxygens (including phenoxy) is 1. The predicted octanol–water partition coefficient (Wildman–Crippen LogP) is 4.72. The van der Waals surface area contributed by atoms with Crippen molar-refractivity contribution in [1.29, 1.82) is 0 Å². The summed E-state index contributed by atoms with van der Waals surface area (Å²) in [6.07, 6.45) is 1.83. The van der Waals surface area contributed by atoms with Crippen LogP contribution in [0.1, 0.15) is 24.5 Å². The molecule has 2 nitrogen and oxygen atoms in total. The van der Waals surface area contributed by atoms with Crippen molar-refractivity contribution in [2.75, 3.05) is 0 Å². The zero-order valence-electron chi connectivity index (χ0n) is 11.9. The Bertz CT molecular complexity index is 583. The summed E-state index contributed by atoms with van der Waals surface area (Å²) in [4.78, 5) is 0. The van der Waals surface area contributed by atoms with E-state index in [0.717, 1.165) is 29.9 Å². The van der Waals surface area contributed by atoms with E-state index in [1.165, 1.54) is 5.56 Å². The molecule has 0 saturated heterocycles. The highest BCUT2D eigenvalue weighted by Gasteiger charge is 2.05. The van der Waals surface area contributed by atoms with Crippen LogP contribution in [-0.4, -0.2) is 6.04 Å². The van der Waals surface area contributed by atoms with Gasteiger partial charge in [0, 0.05) is 11.1 Å². The first-order valence-electron chi connectivity index (χ1n) is 6.87. The number of benzene rings is 2. The fourth-order valence-corrected chi connectivity index (χ4v) is 2.16. The van der Waals surface area contributed by atoms with E-state index in [2.05, 4.69) is 13.0 Å². The second-order valence-corrected chi connectivity index (χ2v) is 5.47. The van der Waals surface area contributed by atoms with E-state index in [9.17, 15) is 0 Å². The van der Waals surface area contributed by atoms with Crippen molar-refractivity contribution >= 4 is 11.6 Å². The van der Waals surface area contributed by atoms with Crippen LogP contribution in [0.2, 0.25) is 5.02 Å². The molecule has 0 aliphatic carbocycles. The van der Waals surface area contributed by atoms with Crippen LogP contribution in [0.25, 0.3) is 0 Å². The third-order valence-corrected chi connectivity index (χ3v) is 3.53. The van der Waals surface area contributed by atoms with Gasteiger partial charge in [-0.1, -0.05) is 36.7 Å². The van der Waals surface area contributed by atoms with E-state index in [1.54, 1.807) is 0 Å². The van der Waals surface area contributed by atoms with Gasteiger partial charge in [0.2, 0.25) is 0 Å². The van der Waals surface area contributed by atoms with Gasteiger partial charge >= 0.3 is 0 Å². The van der Waals surface area contributed by atoms with E-state index in [1.807, 2.05) is 43.3 Å². The molecule has 0 amide bonds. The summed E-state index contributed by atoms with van der Waals surface area (Å²) < 4.78 is 5.92. The summed E-state index contributed by atoms with van der Waals surface area (Å²) in [6, 6.07) is 13.9. The number of hydrogen-bond acceptors (Lipinski definition) is 2. The highest BCUT2D eigenvalue weighted by molar-refractivity contribution is 6.30. The maximum absolute atomic E-state index is 6.01. The molecule has 0 fully saturated rings. The Balaban J connectivity index is 2.17. The van der Waals surface area contributed by atoms with Crippen LogP contribution in [0.15, 0.2) is 42.5 Å². The molecule has 0 spiro atoms. The Morgan fingerprint density at radius 1 is 1.20 bits per heavy atom. The van der Waals surface area contributed by atoms with Gasteiger partial charge in [0.1, 0.15) is 11.5 Å². The lowest BCUT2D eigenvalue weighted by atomic mass is 10.0. The van der Waals surface area contributed by atoms with E-state index < -0.39 is 0 Å². The Hall–Kier alpha value is -1.51. The lowest BCUT2D eigenvalue weighted by Gasteiger charge is -2.12. The predicted molar refractivity (Wildman–Crippen MR) is 84.7 cm³/mol. The van der Waals surface area contributed by atoms with E-state index in [0.29, 0.717) is 5.02 Å². The van der Waals surface area contributed by atoms with Gasteiger partial charge in [-0.15, -0.1) is 0 Å². The summed E-state index contributed by atoms with van der Waals surface area (Å²) >= 11 is 6.01. The molecule has 106 valence electrons. The van der Waals surface area contributed by atoms with Crippen molar-refractivity contribution in [3.8, 4) is 11.5 Å². The third kappa shape index (κ3) is 3.99. The molecule has 2 aromatic carbocycles. The minimum atomic E-state index is 0.193. The third-order valence-electron chi connectivity index (χ3n) is 3.30. The Morgan fingerprint density at radius 2 is 2.00 bits per heavy atom. The summed E-state index contributed by atoms with van der Waals surface area (Å²) in [5.41, 5.74) is 8.24. The van der Waals surface area contributed by atoms with Crippen LogP contribution in [0.4, 0.5) is 0 Å². The van der Waals surface area contributed by atoms with Crippen molar-refractivity contribution in [2.24, 2.45) is 5.73 Å². The van der Waals surface area contributed by atoms with Crippen molar-refractivity contribution in [2.45, 2.75) is 32.7 Å². The minimum absolute atomic E-state index is 0.193. The maximum Gasteiger partial charge on any atom is 0.131 e. The molecule has 0 radical (unpaired) electrons. The Morgan fingerprint density at radius 3 is 2.75 bits per heavy atom. The second kappa shape index (κ2) is 6.78. The van der Waals surface area contributed by atoms with Gasteiger partial charge in [0.05, 0.1) is 0 Å². The van der Waals surface area contributed by atoms with Crippen LogP contribution in [0.3, 0.4) is 0 Å². The molecule has 0 saturated carbocycles. The second-order valence-electron chi connectivity index (χ2n) is 5.03. The van der Waals surface area contributed by atoms with Crippen LogP contribution >= 0.6 is 11.6 Å². The van der Waals surface area contributed by atoms with Crippen LogP contribution < -0.4 is 10.5 Å². The molecule has 0 aliphatic rings. The highest BCUT2D eigenvalue weighted by atomic mass is 35.5. The van der Waals surface area contributed by atoms with Crippen LogP contribution in [-0.2, 0) is 6.42 Å². The van der Waals surface area contributed by atoms with Crippen molar-refractivity contribution in [3.63, 3.8) is 0 Å². The fraction of sp³-hybridized carbons (Fsp3) is 0.294. The SMILES string of the molecule is CCC(N)Cc1cccc(Oc2cc(Cl)ccc2C)c1. The van der Waals surface area contributed by atoms with Gasteiger partial charge in [-0.25, -0.2) is 0 Å². The molecule has 1 atom stereocenters. The first-order valence-corrected chi connectivity index (χ1v) is 7.25. The molecular weight excluding hydrogens is 270 g/mol. The topological polar surface area (TPSA) is 35.2 Å². The van der Waals surface area contributed by atoms with Crippen LogP contribution in [0.5, 0.6) is 11.5 Å². The standard InChI is InChI=1S/C17H20ClNO/c1-3-15(19)9-13-5-4-6-16(10-13)20-17-11-14(18)8-7-12(17)2/h4-8,10-11,15H,3,9,19H2,1-2H3. The molecular formula is C17H20ClNO. The quantitative estimate of drug-likeness (QED) is 0.864. The summed E-state index contributed by atoms with van der Waals surface area (Å²) in [5, 5.41) is 0.676. The number of nitrogens with two attached hydrogens (primary N) is 1. The molecule has 0 aromatic heterocycles. The maximum atomic E-state index is 6.01. The van der Waals surface area contributed by atoms with Crippen molar-refractivity contribution < 1.29 is 4.74 Å². The molecule has 0 heterocycles.